The van der Waals surface area contributed by atoms with Crippen molar-refractivity contribution in [2.24, 2.45) is 0 Å². The molecular weight excluding hydrogens is 572 g/mol. The van der Waals surface area contributed by atoms with Gasteiger partial charge in [-0.3, -0.25) is 4.79 Å². The van der Waals surface area contributed by atoms with Crippen molar-refractivity contribution in [3.8, 4) is 11.5 Å². The lowest BCUT2D eigenvalue weighted by molar-refractivity contribution is -0.204. The maximum atomic E-state index is 14.0. The maximum Gasteiger partial charge on any atom is 0.490 e. The molecule has 0 unspecified atom stereocenters. The molecule has 2 aromatic carbocycles. The number of amides is 1. The summed E-state index contributed by atoms with van der Waals surface area (Å²) in [4.78, 5) is 27.5. The van der Waals surface area contributed by atoms with Gasteiger partial charge in [0.25, 0.3) is 5.91 Å². The zero-order chi connectivity index (χ0) is 29.4. The van der Waals surface area contributed by atoms with Gasteiger partial charge in [0.15, 0.2) is 0 Å². The Morgan fingerprint density at radius 1 is 1.15 bits per heavy atom. The molecule has 2 fully saturated rings. The second-order valence-corrected chi connectivity index (χ2v) is 11.1. The number of β-amino-alcohol motifs (C(OH)–C–C–N with tert-alkyl or cyclic N) is 1. The minimum atomic E-state index is -5.14. The fraction of sp³-hybridized carbons (Fsp3) is 0.500. The van der Waals surface area contributed by atoms with Crippen LogP contribution in [0.25, 0.3) is 0 Å². The van der Waals surface area contributed by atoms with Gasteiger partial charge in [-0.25, -0.2) is 9.18 Å². The van der Waals surface area contributed by atoms with E-state index in [1.54, 1.807) is 0 Å². The van der Waals surface area contributed by atoms with Crippen LogP contribution in [0.3, 0.4) is 0 Å². The molecule has 0 radical (unpaired) electrons. The number of hydrogen-bond acceptors (Lipinski definition) is 7. The molecule has 0 saturated carbocycles. The van der Waals surface area contributed by atoms with Gasteiger partial charge >= 0.3 is 12.1 Å². The van der Waals surface area contributed by atoms with Crippen LogP contribution in [-0.4, -0.2) is 90.1 Å². The number of hydrogen-bond donors (Lipinski definition) is 1. The summed E-state index contributed by atoms with van der Waals surface area (Å²) in [6.07, 6.45) is -4.82. The SMILES string of the molecule is O=C(c1cc(F)ccc1OC[C@H](O)CN1CCC2(CC1)Cc1cc(Cl)ccc1O2)N1CC[C@H](OC(=O)C(F)(F)F)C1. The van der Waals surface area contributed by atoms with E-state index in [-0.39, 0.29) is 43.0 Å². The Balaban J connectivity index is 1.12. The third kappa shape index (κ3) is 6.87. The molecule has 222 valence electrons. The fourth-order valence-electron chi connectivity index (χ4n) is 5.55. The third-order valence-electron chi connectivity index (χ3n) is 7.64. The molecule has 1 spiro atoms. The van der Waals surface area contributed by atoms with E-state index >= 15 is 0 Å². The molecule has 0 bridgehead atoms. The van der Waals surface area contributed by atoms with E-state index in [4.69, 9.17) is 21.1 Å². The van der Waals surface area contributed by atoms with Crippen molar-refractivity contribution in [2.45, 2.75) is 49.7 Å². The number of esters is 1. The zero-order valence-electron chi connectivity index (χ0n) is 22.0. The highest BCUT2D eigenvalue weighted by molar-refractivity contribution is 6.30. The molecule has 1 amide bonds. The van der Waals surface area contributed by atoms with E-state index in [1.165, 1.54) is 11.0 Å². The molecular formula is C28H29ClF4N2O6. The Morgan fingerprint density at radius 2 is 1.90 bits per heavy atom. The molecule has 0 aromatic heterocycles. The van der Waals surface area contributed by atoms with Gasteiger partial charge in [-0.1, -0.05) is 11.6 Å². The number of fused-ring (bicyclic) bond motifs is 1. The fourth-order valence-corrected chi connectivity index (χ4v) is 5.75. The van der Waals surface area contributed by atoms with Gasteiger partial charge < -0.3 is 29.1 Å². The summed E-state index contributed by atoms with van der Waals surface area (Å²) in [5, 5.41) is 11.3. The van der Waals surface area contributed by atoms with E-state index in [2.05, 4.69) is 9.64 Å². The topological polar surface area (TPSA) is 88.5 Å². The number of halogens is 5. The second kappa shape index (κ2) is 11.7. The van der Waals surface area contributed by atoms with Crippen molar-refractivity contribution < 1.29 is 46.5 Å². The molecule has 41 heavy (non-hydrogen) atoms. The van der Waals surface area contributed by atoms with E-state index in [1.807, 2.05) is 18.2 Å². The first-order valence-electron chi connectivity index (χ1n) is 13.3. The highest BCUT2D eigenvalue weighted by Gasteiger charge is 2.44. The van der Waals surface area contributed by atoms with E-state index < -0.39 is 36.1 Å². The van der Waals surface area contributed by atoms with Crippen LogP contribution in [0.2, 0.25) is 5.02 Å². The smallest absolute Gasteiger partial charge is 0.490 e. The molecule has 5 rings (SSSR count). The Bertz CT molecular complexity index is 1300. The monoisotopic (exact) mass is 600 g/mol. The van der Waals surface area contributed by atoms with Crippen LogP contribution in [0.15, 0.2) is 36.4 Å². The van der Waals surface area contributed by atoms with Crippen LogP contribution in [0.4, 0.5) is 17.6 Å². The number of nitrogens with zero attached hydrogens (tertiary/aromatic N) is 2. The van der Waals surface area contributed by atoms with E-state index in [0.29, 0.717) is 24.7 Å². The van der Waals surface area contributed by atoms with Crippen molar-refractivity contribution in [2.75, 3.05) is 39.3 Å². The molecule has 3 heterocycles. The number of aliphatic hydroxyl groups is 1. The summed E-state index contributed by atoms with van der Waals surface area (Å²) in [5.74, 6) is -2.83. The lowest BCUT2D eigenvalue weighted by atomic mass is 9.87. The lowest BCUT2D eigenvalue weighted by Gasteiger charge is -2.39. The van der Waals surface area contributed by atoms with Crippen molar-refractivity contribution in [3.05, 3.63) is 58.4 Å². The Hall–Kier alpha value is -3.09. The quantitative estimate of drug-likeness (QED) is 0.380. The lowest BCUT2D eigenvalue weighted by Crippen LogP contribution is -2.49. The van der Waals surface area contributed by atoms with Gasteiger partial charge in [0.1, 0.15) is 41.7 Å². The first-order valence-corrected chi connectivity index (χ1v) is 13.7. The summed E-state index contributed by atoms with van der Waals surface area (Å²) in [5.41, 5.74) is 0.669. The van der Waals surface area contributed by atoms with E-state index in [0.717, 1.165) is 42.7 Å². The Kier molecular flexibility index (Phi) is 8.36. The second-order valence-electron chi connectivity index (χ2n) is 10.7. The van der Waals surface area contributed by atoms with Crippen molar-refractivity contribution in [1.82, 2.24) is 9.80 Å². The largest absolute Gasteiger partial charge is 0.490 e. The first kappa shape index (κ1) is 29.4. The summed E-state index contributed by atoms with van der Waals surface area (Å²) >= 11 is 6.12. The maximum absolute atomic E-state index is 14.0. The molecule has 0 aliphatic carbocycles. The predicted molar refractivity (Wildman–Crippen MR) is 139 cm³/mol. The Morgan fingerprint density at radius 3 is 2.63 bits per heavy atom. The summed E-state index contributed by atoms with van der Waals surface area (Å²) in [6.45, 7) is 1.31. The van der Waals surface area contributed by atoms with Crippen molar-refractivity contribution in [1.29, 1.82) is 0 Å². The van der Waals surface area contributed by atoms with Crippen molar-refractivity contribution in [3.63, 3.8) is 0 Å². The van der Waals surface area contributed by atoms with Gasteiger partial charge in [0.2, 0.25) is 0 Å². The molecule has 1 N–H and O–H groups in total. The van der Waals surface area contributed by atoms with Crippen LogP contribution >= 0.6 is 11.6 Å². The Labute approximate surface area is 238 Å². The summed E-state index contributed by atoms with van der Waals surface area (Å²) < 4.78 is 67.9. The number of likely N-dealkylation sites (tertiary alicyclic amines) is 2. The highest BCUT2D eigenvalue weighted by Crippen LogP contribution is 2.42. The van der Waals surface area contributed by atoms with Gasteiger partial charge in [-0.15, -0.1) is 0 Å². The molecule has 13 heteroatoms. The van der Waals surface area contributed by atoms with Gasteiger partial charge in [-0.05, 0) is 42.0 Å². The normalized spacial score (nSPS) is 20.9. The number of benzene rings is 2. The van der Waals surface area contributed by atoms with Crippen molar-refractivity contribution >= 4 is 23.5 Å². The van der Waals surface area contributed by atoms with Crippen LogP contribution in [0, 0.1) is 5.82 Å². The van der Waals surface area contributed by atoms with Gasteiger partial charge in [0.05, 0.1) is 12.1 Å². The molecule has 2 aromatic rings. The molecule has 3 aliphatic rings. The number of rotatable bonds is 7. The summed E-state index contributed by atoms with van der Waals surface area (Å²) in [7, 11) is 0. The number of piperidine rings is 1. The molecule has 3 aliphatic heterocycles. The van der Waals surface area contributed by atoms with Crippen LogP contribution in [0.5, 0.6) is 11.5 Å². The number of ether oxygens (including phenoxy) is 3. The molecule has 2 atom stereocenters. The standard InChI is InChI=1S/C28H29ClF4N2O6/c29-18-1-3-23-17(11-18)13-27(41-23)6-9-34(10-7-27)14-20(36)16-39-24-4-2-19(30)12-22(24)25(37)35-8-5-21(15-35)40-26(38)28(31,32)33/h1-4,11-12,20-21,36H,5-10,13-16H2/t20-,21+/m1/s1. The minimum Gasteiger partial charge on any atom is -0.490 e. The highest BCUT2D eigenvalue weighted by atomic mass is 35.5. The third-order valence-corrected chi connectivity index (χ3v) is 7.87. The number of carbonyl (C=O) groups excluding carboxylic acids is 2. The molecule has 8 nitrogen and oxygen atoms in total. The zero-order valence-corrected chi connectivity index (χ0v) is 22.7. The van der Waals surface area contributed by atoms with Crippen LogP contribution in [-0.2, 0) is 16.0 Å². The number of aliphatic hydroxyl groups excluding tert-OH is 1. The minimum absolute atomic E-state index is 0.0137. The number of carbonyl (C=O) groups is 2. The van der Waals surface area contributed by atoms with Gasteiger partial charge in [0, 0.05) is 56.9 Å². The van der Waals surface area contributed by atoms with Gasteiger partial charge in [-0.2, -0.15) is 13.2 Å². The molecule has 2 saturated heterocycles. The number of alkyl halides is 3. The van der Waals surface area contributed by atoms with Crippen LogP contribution in [0.1, 0.15) is 35.2 Å². The average Bonchev–Trinajstić information content (AvgIpc) is 3.52. The summed E-state index contributed by atoms with van der Waals surface area (Å²) in [6, 6.07) is 8.96. The van der Waals surface area contributed by atoms with Crippen LogP contribution < -0.4 is 9.47 Å². The van der Waals surface area contributed by atoms with E-state index in [9.17, 15) is 32.3 Å². The first-order chi connectivity index (χ1) is 19.4. The predicted octanol–water partition coefficient (Wildman–Crippen LogP) is 4.01. The average molecular weight is 601 g/mol.